The minimum absolute atomic E-state index is 0.00733. The Morgan fingerprint density at radius 2 is 1.59 bits per heavy atom. The van der Waals surface area contributed by atoms with E-state index in [4.69, 9.17) is 9.47 Å². The van der Waals surface area contributed by atoms with Crippen molar-refractivity contribution in [2.75, 3.05) is 13.7 Å². The summed E-state index contributed by atoms with van der Waals surface area (Å²) < 4.78 is 14.9. The van der Waals surface area contributed by atoms with Crippen LogP contribution < -0.4 is 5.32 Å². The van der Waals surface area contributed by atoms with Crippen molar-refractivity contribution in [3.8, 4) is 23.7 Å². The van der Waals surface area contributed by atoms with Gasteiger partial charge in [0.2, 0.25) is 0 Å². The number of carbonyl (C=O) groups is 2. The molecule has 0 aromatic heterocycles. The molecule has 3 aromatic carbocycles. The molecule has 11 fully saturated rings. The highest BCUT2D eigenvalue weighted by molar-refractivity contribution is 5.87. The van der Waals surface area contributed by atoms with Crippen LogP contribution in [0.1, 0.15) is 168 Å². The van der Waals surface area contributed by atoms with Gasteiger partial charge in [0.25, 0.3) is 0 Å². The van der Waals surface area contributed by atoms with E-state index in [-0.39, 0.29) is 97.7 Å². The van der Waals surface area contributed by atoms with Gasteiger partial charge < -0.3 is 50.2 Å². The molecule has 20 rings (SSSR count). The molecule has 0 radical (unpaired) electrons. The highest BCUT2D eigenvalue weighted by Gasteiger charge is 2.92. The molecule has 19 bridgehead atoms. The van der Waals surface area contributed by atoms with Gasteiger partial charge in [-0.2, -0.15) is 0 Å². The maximum absolute atomic E-state index is 16.6. The first-order chi connectivity index (χ1) is 45.6. The Kier molecular flexibility index (Phi) is 13.5. The molecular formula is C83H97NO10. The van der Waals surface area contributed by atoms with Gasteiger partial charge in [0.05, 0.1) is 42.5 Å². The summed E-state index contributed by atoms with van der Waals surface area (Å²) in [4.78, 5) is 31.3. The Morgan fingerprint density at radius 3 is 2.39 bits per heavy atom. The summed E-state index contributed by atoms with van der Waals surface area (Å²) >= 11 is 0. The fourth-order valence-corrected chi connectivity index (χ4v) is 29.2. The van der Waals surface area contributed by atoms with E-state index in [2.05, 4.69) is 95.7 Å². The number of aliphatic hydroxyl groups is 6. The van der Waals surface area contributed by atoms with Crippen LogP contribution in [0.25, 0.3) is 0 Å². The van der Waals surface area contributed by atoms with E-state index < -0.39 is 104 Å². The van der Waals surface area contributed by atoms with E-state index in [0.717, 1.165) is 100 Å². The molecule has 14 aliphatic carbocycles. The predicted molar refractivity (Wildman–Crippen MR) is 353 cm³/mol. The molecule has 3 spiro atoms. The average molecular weight is 1270 g/mol. The van der Waals surface area contributed by atoms with Crippen LogP contribution in [0, 0.1) is 140 Å². The number of ether oxygens (including phenoxy) is 2. The van der Waals surface area contributed by atoms with Gasteiger partial charge in [-0.15, -0.1) is 5.92 Å². The normalized spacial score (nSPS) is 50.3. The van der Waals surface area contributed by atoms with Gasteiger partial charge >= 0.3 is 5.97 Å². The molecule has 10 saturated carbocycles. The monoisotopic (exact) mass is 1270 g/mol. The SMILES string of the molecule is CN[C@@H]1Cc2c(cccc2CO)C#CC2(CCCC2)C[C@]23C[C@H]4C#CC[C@@H]5[C@H]6C[C@@H]7C[C@H]8Cc9cccc(c9)C[C@@H]9CC[C@@H](C9)[C@H]9CC=C[C@@H]%10C[C@@H]%11[C@@H](O8)[C@]7(C[C@]7(C=O)[C@@H]4[C@@](O)([C@@H](O)[C@@H](C[C@H]9%10)[C@]%117O)[C@@]2(O)C[C@H]2C[C@H]1[C@@H]1OC(=O)C=C1[C@@]23CO)[C@H]6CC[C@@H]5c1ccccc1. The van der Waals surface area contributed by atoms with Gasteiger partial charge in [-0.25, -0.2) is 4.79 Å². The second kappa shape index (κ2) is 21.1. The number of allylic oxidation sites excluding steroid dienone is 2. The van der Waals surface area contributed by atoms with Crippen LogP contribution in [0.5, 0.6) is 0 Å². The van der Waals surface area contributed by atoms with Crippen molar-refractivity contribution >= 4 is 12.3 Å². The van der Waals surface area contributed by atoms with Crippen molar-refractivity contribution in [3.63, 3.8) is 0 Å². The second-order valence-corrected chi connectivity index (χ2v) is 34.7. The lowest BCUT2D eigenvalue weighted by molar-refractivity contribution is -0.403. The minimum atomic E-state index is -2.50. The maximum atomic E-state index is 16.6. The zero-order valence-electron chi connectivity index (χ0n) is 54.9. The van der Waals surface area contributed by atoms with Crippen molar-refractivity contribution in [3.05, 3.63) is 130 Å². The summed E-state index contributed by atoms with van der Waals surface area (Å²) in [7, 11) is 1.93. The molecule has 11 heteroatoms. The van der Waals surface area contributed by atoms with Gasteiger partial charge in [-0.1, -0.05) is 109 Å². The van der Waals surface area contributed by atoms with Crippen LogP contribution in [0.15, 0.2) is 96.6 Å². The number of aldehydes is 1. The molecule has 28 atom stereocenters. The molecule has 94 heavy (non-hydrogen) atoms. The molecular weight excluding hydrogens is 1170 g/mol. The Morgan fingerprint density at radius 1 is 0.766 bits per heavy atom. The van der Waals surface area contributed by atoms with Gasteiger partial charge in [-0.05, 0) is 240 Å². The molecule has 3 aliphatic heterocycles. The lowest BCUT2D eigenvalue weighted by Crippen LogP contribution is -2.88. The van der Waals surface area contributed by atoms with Gasteiger partial charge in [0.1, 0.15) is 23.6 Å². The largest absolute Gasteiger partial charge is 0.454 e. The molecule has 11 nitrogen and oxygen atoms in total. The standard InChI is InChI=1S/C83H97NO10/c1-84-70-38-62-51(15-8-18-55(62)42-85)25-28-76(26-5-6-27-76)43-78-40-54-17-10-20-61-60(50-13-3-2-4-14-50)23-24-66-64(61)35-56-34-58-32-48-12-7-11-47(29-48)30-49-21-22-53(31-49)59-19-9-16-52-33-69-75(93-58)79(56,66)44-77(45-86)73(54)83(92,74(89)68(37-63(52)59)82(69,77)91)81(78,90)41-57-36-65(70)72-67(39-71(88)94-72)80(57,78)46-87/h2-4,7-9,11-16,18,29,39,45,49,52-54,56-61,63-66,68-70,72-75,84-85,87,89-92H,5-6,19-24,26-27,30-38,40-44,46H2,1H3/t49-,52+,53-,54+,56-,57+,58+,59+,60+,61-,63-,64+,65+,66-,68+,69+,70+,72-,73+,74-,75+,77-,78-,79-,80+,81+,82-,83+/m0/s1. The first-order valence-electron chi connectivity index (χ1n) is 37.3. The van der Waals surface area contributed by atoms with Crippen molar-refractivity contribution in [2.45, 2.75) is 207 Å². The third kappa shape index (κ3) is 7.56. The van der Waals surface area contributed by atoms with Crippen molar-refractivity contribution < 1.29 is 49.7 Å². The number of benzene rings is 3. The number of aliphatic hydroxyl groups excluding tert-OH is 3. The van der Waals surface area contributed by atoms with Crippen LogP contribution in [-0.2, 0) is 44.9 Å². The van der Waals surface area contributed by atoms with Crippen LogP contribution in [-0.4, -0.2) is 104 Å². The number of rotatable bonds is 5. The number of carbonyl (C=O) groups excluding carboxylic acids is 2. The van der Waals surface area contributed by atoms with Crippen LogP contribution in [0.2, 0.25) is 0 Å². The van der Waals surface area contributed by atoms with Crippen LogP contribution in [0.3, 0.4) is 0 Å². The number of esters is 1. The number of fused-ring (bicyclic) bond motifs is 8. The zero-order valence-corrected chi connectivity index (χ0v) is 54.9. The molecule has 0 unspecified atom stereocenters. The Bertz CT molecular complexity index is 3810. The number of hydrogen-bond donors (Lipinski definition) is 7. The van der Waals surface area contributed by atoms with Gasteiger partial charge in [-0.3, -0.25) is 0 Å². The topological polar surface area (TPSA) is 186 Å². The Hall–Kier alpha value is -4.92. The van der Waals surface area contributed by atoms with Crippen LogP contribution >= 0.6 is 0 Å². The van der Waals surface area contributed by atoms with E-state index in [1.807, 2.05) is 25.2 Å². The van der Waals surface area contributed by atoms with Crippen molar-refractivity contribution in [2.24, 2.45) is 116 Å². The lowest BCUT2D eigenvalue weighted by Gasteiger charge is -2.77. The maximum Gasteiger partial charge on any atom is 0.331 e. The summed E-state index contributed by atoms with van der Waals surface area (Å²) in [5, 5.41) is 91.4. The summed E-state index contributed by atoms with van der Waals surface area (Å²) in [6, 6.07) is 26.1. The van der Waals surface area contributed by atoms with E-state index in [0.29, 0.717) is 62.4 Å². The smallest absolute Gasteiger partial charge is 0.331 e. The fraction of sp³-hybridized carbons (Fsp3) is 0.663. The molecule has 3 heterocycles. The first-order valence-corrected chi connectivity index (χ1v) is 37.3. The Labute approximate surface area is 555 Å². The van der Waals surface area contributed by atoms with Crippen molar-refractivity contribution in [1.82, 2.24) is 5.32 Å². The molecule has 1 saturated heterocycles. The third-order valence-electron chi connectivity index (χ3n) is 32.1. The van der Waals surface area contributed by atoms with Crippen molar-refractivity contribution in [1.29, 1.82) is 0 Å². The van der Waals surface area contributed by atoms with E-state index in [1.54, 1.807) is 6.08 Å². The summed E-state index contributed by atoms with van der Waals surface area (Å²) in [5.41, 5.74) is -5.50. The van der Waals surface area contributed by atoms with Crippen LogP contribution in [0.4, 0.5) is 0 Å². The van der Waals surface area contributed by atoms with Gasteiger partial charge in [0.15, 0.2) is 0 Å². The highest BCUT2D eigenvalue weighted by atomic mass is 16.5. The predicted octanol–water partition coefficient (Wildman–Crippen LogP) is 10.3. The molecule has 7 N–H and O–H groups in total. The first kappa shape index (κ1) is 60.3. The number of nitrogens with one attached hydrogen (secondary N) is 1. The summed E-state index contributed by atoms with van der Waals surface area (Å²) in [6.45, 7) is -0.630. The Balaban J connectivity index is 0.894. The average Bonchev–Trinajstić information content (AvgIpc) is 1.30. The molecule has 3 aromatic rings. The second-order valence-electron chi connectivity index (χ2n) is 34.7. The highest BCUT2D eigenvalue weighted by Crippen LogP contribution is 2.85. The van der Waals surface area contributed by atoms with Gasteiger partial charge in [0, 0.05) is 75.4 Å². The summed E-state index contributed by atoms with van der Waals surface area (Å²) in [6.07, 6.45) is 20.3. The quantitative estimate of drug-likeness (QED) is 0.0558. The van der Waals surface area contributed by atoms with E-state index >= 15 is 25.2 Å². The molecule has 0 amide bonds. The third-order valence-corrected chi connectivity index (χ3v) is 32.1. The fourth-order valence-electron chi connectivity index (χ4n) is 29.2. The number of hydrogen-bond acceptors (Lipinski definition) is 11. The molecule has 494 valence electrons. The number of likely N-dealkylation sites (N-methyl/N-ethyl adjacent to an activating group) is 1. The minimum Gasteiger partial charge on any atom is -0.454 e. The van der Waals surface area contributed by atoms with E-state index in [1.165, 1.54) is 16.7 Å². The lowest BCUT2D eigenvalue weighted by atomic mass is 9.29. The molecule has 17 aliphatic rings. The van der Waals surface area contributed by atoms with E-state index in [9.17, 15) is 15.0 Å². The summed E-state index contributed by atoms with van der Waals surface area (Å²) in [5.74, 6) is 12.6. The zero-order chi connectivity index (χ0) is 63.7.